The third kappa shape index (κ3) is 5.06. The number of carbonyl (C=O) groups excluding carboxylic acids is 1. The van der Waals surface area contributed by atoms with Crippen LogP contribution in [0.3, 0.4) is 0 Å². The van der Waals surface area contributed by atoms with Crippen molar-refractivity contribution in [1.29, 1.82) is 0 Å². The van der Waals surface area contributed by atoms with Crippen molar-refractivity contribution < 1.29 is 9.53 Å². The van der Waals surface area contributed by atoms with E-state index >= 15 is 0 Å². The summed E-state index contributed by atoms with van der Waals surface area (Å²) in [5, 5.41) is 10.4. The minimum absolute atomic E-state index is 0.128. The summed E-state index contributed by atoms with van der Waals surface area (Å²) >= 11 is 1.47. The van der Waals surface area contributed by atoms with E-state index in [1.165, 1.54) is 11.3 Å². The molecule has 5 rings (SSSR count). The third-order valence-electron chi connectivity index (χ3n) is 5.75. The van der Waals surface area contributed by atoms with Crippen LogP contribution in [0.4, 0.5) is 5.82 Å². The highest BCUT2D eigenvalue weighted by Gasteiger charge is 2.24. The molecule has 180 valence electrons. The van der Waals surface area contributed by atoms with Crippen molar-refractivity contribution in [3.8, 4) is 22.1 Å². The zero-order valence-corrected chi connectivity index (χ0v) is 20.9. The van der Waals surface area contributed by atoms with Crippen LogP contribution in [0.15, 0.2) is 96.4 Å². The van der Waals surface area contributed by atoms with Gasteiger partial charge in [0.25, 0.3) is 0 Å². The molecule has 6 nitrogen and oxygen atoms in total. The van der Waals surface area contributed by atoms with Gasteiger partial charge >= 0.3 is 0 Å². The first-order valence-corrected chi connectivity index (χ1v) is 12.7. The van der Waals surface area contributed by atoms with Gasteiger partial charge in [-0.15, -0.1) is 11.3 Å². The molecule has 1 amide bonds. The Kier molecular flexibility index (Phi) is 6.91. The van der Waals surface area contributed by atoms with E-state index in [4.69, 9.17) is 9.72 Å². The number of nitrogens with one attached hydrogen (secondary N) is 1. The number of rotatable bonds is 8. The number of ether oxygens (including phenoxy) is 1. The first-order chi connectivity index (χ1) is 17.6. The number of hydrogen-bond acceptors (Lipinski definition) is 5. The Bertz CT molecular complexity index is 1400. The van der Waals surface area contributed by atoms with Crippen LogP contribution < -0.4 is 10.1 Å². The average molecular weight is 495 g/mol. The van der Waals surface area contributed by atoms with Gasteiger partial charge in [0.15, 0.2) is 0 Å². The van der Waals surface area contributed by atoms with Gasteiger partial charge in [-0.25, -0.2) is 4.98 Å². The zero-order chi connectivity index (χ0) is 24.9. The normalized spacial score (nSPS) is 11.0. The molecule has 0 radical (unpaired) electrons. The molecule has 5 aromatic rings. The summed E-state index contributed by atoms with van der Waals surface area (Å²) < 4.78 is 7.24. The van der Waals surface area contributed by atoms with Crippen LogP contribution in [-0.2, 0) is 4.79 Å². The van der Waals surface area contributed by atoms with Crippen molar-refractivity contribution in [2.75, 3.05) is 11.9 Å². The van der Waals surface area contributed by atoms with Crippen LogP contribution >= 0.6 is 11.3 Å². The van der Waals surface area contributed by atoms with Crippen molar-refractivity contribution in [2.45, 2.75) is 19.8 Å². The highest BCUT2D eigenvalue weighted by molar-refractivity contribution is 7.12. The van der Waals surface area contributed by atoms with Crippen molar-refractivity contribution in [3.05, 3.63) is 113 Å². The lowest BCUT2D eigenvalue weighted by molar-refractivity contribution is -0.116. The minimum Gasteiger partial charge on any atom is -0.494 e. The number of aryl methyl sites for hydroxylation is 1. The molecular weight excluding hydrogens is 468 g/mol. The molecule has 3 aromatic carbocycles. The van der Waals surface area contributed by atoms with E-state index in [1.807, 2.05) is 110 Å². The maximum absolute atomic E-state index is 13.6. The van der Waals surface area contributed by atoms with Crippen LogP contribution in [0.1, 0.15) is 29.7 Å². The zero-order valence-electron chi connectivity index (χ0n) is 20.1. The molecule has 2 aromatic heterocycles. The van der Waals surface area contributed by atoms with Crippen LogP contribution in [0, 0.1) is 6.92 Å². The van der Waals surface area contributed by atoms with E-state index in [0.717, 1.165) is 33.8 Å². The molecule has 0 unspecified atom stereocenters. The predicted molar refractivity (Wildman–Crippen MR) is 144 cm³/mol. The topological polar surface area (TPSA) is 69.0 Å². The number of nitrogens with zero attached hydrogens (tertiary/aromatic N) is 3. The minimum atomic E-state index is -0.452. The van der Waals surface area contributed by atoms with Crippen LogP contribution in [0.2, 0.25) is 0 Å². The smallest absolute Gasteiger partial charge is 0.237 e. The van der Waals surface area contributed by atoms with Gasteiger partial charge in [0.1, 0.15) is 11.6 Å². The average Bonchev–Trinajstić information content (AvgIpc) is 3.53. The van der Waals surface area contributed by atoms with E-state index in [-0.39, 0.29) is 5.91 Å². The summed E-state index contributed by atoms with van der Waals surface area (Å²) in [5.74, 6) is 0.835. The van der Waals surface area contributed by atoms with E-state index < -0.39 is 5.92 Å². The molecular formula is C29H26N4O2S. The van der Waals surface area contributed by atoms with Gasteiger partial charge in [0, 0.05) is 17.0 Å². The van der Waals surface area contributed by atoms with E-state index in [2.05, 4.69) is 10.4 Å². The lowest BCUT2D eigenvalue weighted by atomic mass is 9.90. The molecule has 0 saturated heterocycles. The van der Waals surface area contributed by atoms with Crippen LogP contribution in [0.5, 0.6) is 5.75 Å². The molecule has 0 aliphatic carbocycles. The summed E-state index contributed by atoms with van der Waals surface area (Å²) in [4.78, 5) is 18.4. The van der Waals surface area contributed by atoms with E-state index in [9.17, 15) is 4.79 Å². The first kappa shape index (κ1) is 23.5. The molecule has 7 heteroatoms. The van der Waals surface area contributed by atoms with Gasteiger partial charge in [0.2, 0.25) is 11.0 Å². The lowest BCUT2D eigenvalue weighted by Gasteiger charge is -2.18. The maximum Gasteiger partial charge on any atom is 0.237 e. The number of thiazole rings is 1. The highest BCUT2D eigenvalue weighted by atomic mass is 32.1. The molecule has 0 bridgehead atoms. The monoisotopic (exact) mass is 494 g/mol. The SMILES string of the molecule is CCOc1ccc(-c2csc(-n3nc(C)cc3NC(=O)C(c3ccccc3)c3ccccc3)n2)cc1. The number of carbonyl (C=O) groups is 1. The Balaban J connectivity index is 1.43. The number of amides is 1. The molecule has 0 aliphatic rings. The summed E-state index contributed by atoms with van der Waals surface area (Å²) in [6.45, 7) is 4.49. The summed E-state index contributed by atoms with van der Waals surface area (Å²) in [5.41, 5.74) is 4.48. The third-order valence-corrected chi connectivity index (χ3v) is 6.56. The van der Waals surface area contributed by atoms with Gasteiger partial charge in [-0.1, -0.05) is 60.7 Å². The predicted octanol–water partition coefficient (Wildman–Crippen LogP) is 6.47. The fraction of sp³-hybridized carbons (Fsp3) is 0.138. The summed E-state index contributed by atoms with van der Waals surface area (Å²) in [6.07, 6.45) is 0. The maximum atomic E-state index is 13.6. The van der Waals surface area contributed by atoms with E-state index in [1.54, 1.807) is 4.68 Å². The Morgan fingerprint density at radius 2 is 1.61 bits per heavy atom. The molecule has 2 heterocycles. The molecule has 0 spiro atoms. The molecule has 0 aliphatic heterocycles. The Hall–Kier alpha value is -4.23. The molecule has 1 N–H and O–H groups in total. The first-order valence-electron chi connectivity index (χ1n) is 11.8. The van der Waals surface area contributed by atoms with Gasteiger partial charge in [0.05, 0.1) is 23.9 Å². The van der Waals surface area contributed by atoms with Crippen molar-refractivity contribution >= 4 is 23.1 Å². The number of benzene rings is 3. The second-order valence-corrected chi connectivity index (χ2v) is 9.14. The van der Waals surface area contributed by atoms with Gasteiger partial charge < -0.3 is 10.1 Å². The highest BCUT2D eigenvalue weighted by Crippen LogP contribution is 2.30. The van der Waals surface area contributed by atoms with Crippen LogP contribution in [0.25, 0.3) is 16.4 Å². The summed E-state index contributed by atoms with van der Waals surface area (Å²) in [7, 11) is 0. The Labute approximate surface area is 214 Å². The number of anilines is 1. The van der Waals surface area contributed by atoms with Crippen molar-refractivity contribution in [1.82, 2.24) is 14.8 Å². The quantitative estimate of drug-likeness (QED) is 0.268. The molecule has 0 saturated carbocycles. The number of aromatic nitrogens is 3. The summed E-state index contributed by atoms with van der Waals surface area (Å²) in [6, 6.07) is 29.3. The fourth-order valence-electron chi connectivity index (χ4n) is 4.10. The van der Waals surface area contributed by atoms with Crippen molar-refractivity contribution in [3.63, 3.8) is 0 Å². The fourth-order valence-corrected chi connectivity index (χ4v) is 4.90. The van der Waals surface area contributed by atoms with Gasteiger partial charge in [-0.3, -0.25) is 4.79 Å². The number of hydrogen-bond donors (Lipinski definition) is 1. The molecule has 0 atom stereocenters. The Morgan fingerprint density at radius 3 is 2.22 bits per heavy atom. The largest absolute Gasteiger partial charge is 0.494 e. The molecule has 0 fully saturated rings. The standard InChI is InChI=1S/C29H26N4O2S/c1-3-35-24-16-14-21(15-17-24)25-19-36-29(30-25)33-26(18-20(2)32-33)31-28(34)27(22-10-6-4-7-11-22)23-12-8-5-9-13-23/h4-19,27H,3H2,1-2H3,(H,31,34). The molecule has 36 heavy (non-hydrogen) atoms. The van der Waals surface area contributed by atoms with Crippen LogP contribution in [-0.4, -0.2) is 27.3 Å². The lowest BCUT2D eigenvalue weighted by Crippen LogP contribution is -2.23. The second-order valence-electron chi connectivity index (χ2n) is 8.30. The van der Waals surface area contributed by atoms with Crippen molar-refractivity contribution in [2.24, 2.45) is 0 Å². The van der Waals surface area contributed by atoms with Gasteiger partial charge in [-0.05, 0) is 49.2 Å². The van der Waals surface area contributed by atoms with E-state index in [0.29, 0.717) is 17.6 Å². The van der Waals surface area contributed by atoms with Gasteiger partial charge in [-0.2, -0.15) is 9.78 Å². The second kappa shape index (κ2) is 10.6. The Morgan fingerprint density at radius 1 is 0.972 bits per heavy atom.